The number of pyridine rings is 1. The van der Waals surface area contributed by atoms with Crippen LogP contribution in [0.4, 0.5) is 27.9 Å². The van der Waals surface area contributed by atoms with Gasteiger partial charge in [-0.25, -0.2) is 19.7 Å². The zero-order valence-corrected chi connectivity index (χ0v) is 20.0. The van der Waals surface area contributed by atoms with Crippen LogP contribution in [0, 0.1) is 0 Å². The Bertz CT molecular complexity index is 1140. The molecule has 9 heteroatoms. The van der Waals surface area contributed by atoms with Crippen molar-refractivity contribution in [1.82, 2.24) is 19.9 Å². The van der Waals surface area contributed by atoms with Crippen LogP contribution < -0.4 is 21.3 Å². The number of hydrogen-bond acceptors (Lipinski definition) is 7. The van der Waals surface area contributed by atoms with Crippen LogP contribution in [0.15, 0.2) is 54.9 Å². The molecular formula is C25H32N8O. The molecule has 2 amide bonds. The number of hydrogen-bond donors (Lipinski definition) is 3. The summed E-state index contributed by atoms with van der Waals surface area (Å²) in [6.45, 7) is 9.63. The van der Waals surface area contributed by atoms with Crippen molar-refractivity contribution in [2.24, 2.45) is 0 Å². The number of nitrogen functional groups attached to an aromatic ring is 1. The lowest BCUT2D eigenvalue weighted by molar-refractivity contribution is 0.208. The van der Waals surface area contributed by atoms with Gasteiger partial charge in [0.15, 0.2) is 5.82 Å². The second-order valence-electron chi connectivity index (χ2n) is 9.37. The average Bonchev–Trinajstić information content (AvgIpc) is 2.83. The molecule has 0 unspecified atom stereocenters. The Morgan fingerprint density at radius 1 is 1.03 bits per heavy atom. The van der Waals surface area contributed by atoms with Crippen molar-refractivity contribution in [3.63, 3.8) is 0 Å². The summed E-state index contributed by atoms with van der Waals surface area (Å²) in [5.74, 6) is 1.12. The van der Waals surface area contributed by atoms with Crippen molar-refractivity contribution in [3.05, 3.63) is 66.1 Å². The summed E-state index contributed by atoms with van der Waals surface area (Å²) in [4.78, 5) is 29.7. The highest BCUT2D eigenvalue weighted by atomic mass is 16.2. The zero-order chi connectivity index (χ0) is 24.1. The number of rotatable bonds is 5. The highest BCUT2D eigenvalue weighted by Crippen LogP contribution is 2.26. The Morgan fingerprint density at radius 2 is 1.82 bits per heavy atom. The van der Waals surface area contributed by atoms with Gasteiger partial charge in [0.05, 0.1) is 17.9 Å². The van der Waals surface area contributed by atoms with Crippen molar-refractivity contribution in [1.29, 1.82) is 0 Å². The molecule has 4 rings (SSSR count). The third-order valence-electron chi connectivity index (χ3n) is 5.82. The third kappa shape index (κ3) is 5.72. The summed E-state index contributed by atoms with van der Waals surface area (Å²) in [5, 5.41) is 6.45. The van der Waals surface area contributed by atoms with E-state index in [0.717, 1.165) is 22.9 Å². The first-order valence-electron chi connectivity index (χ1n) is 11.5. The maximum atomic E-state index is 12.9. The van der Waals surface area contributed by atoms with Crippen LogP contribution in [0.1, 0.15) is 32.0 Å². The predicted octanol–water partition coefficient (Wildman–Crippen LogP) is 3.72. The molecule has 9 nitrogen and oxygen atoms in total. The monoisotopic (exact) mass is 460 g/mol. The highest BCUT2D eigenvalue weighted by molar-refractivity contribution is 5.89. The van der Waals surface area contributed by atoms with E-state index in [1.165, 1.54) is 5.56 Å². The fourth-order valence-electron chi connectivity index (χ4n) is 3.87. The molecule has 0 radical (unpaired) electrons. The number of anilines is 4. The summed E-state index contributed by atoms with van der Waals surface area (Å²) in [6, 6.07) is 13.7. The topological polar surface area (TPSA) is 112 Å². The number of aromatic nitrogens is 3. The molecule has 0 atom stereocenters. The minimum absolute atomic E-state index is 0.0286. The lowest BCUT2D eigenvalue weighted by Gasteiger charge is -2.36. The summed E-state index contributed by atoms with van der Waals surface area (Å²) < 4.78 is 0. The largest absolute Gasteiger partial charge is 0.376 e. The average molecular weight is 461 g/mol. The molecule has 4 N–H and O–H groups in total. The number of benzene rings is 1. The Morgan fingerprint density at radius 3 is 2.56 bits per heavy atom. The molecule has 34 heavy (non-hydrogen) atoms. The molecule has 2 aromatic heterocycles. The van der Waals surface area contributed by atoms with Crippen molar-refractivity contribution in [3.8, 4) is 0 Å². The van der Waals surface area contributed by atoms with Crippen molar-refractivity contribution >= 4 is 29.2 Å². The van der Waals surface area contributed by atoms with Crippen LogP contribution in [-0.4, -0.2) is 52.1 Å². The highest BCUT2D eigenvalue weighted by Gasteiger charge is 2.24. The number of nitrogens with one attached hydrogen (secondary N) is 2. The van der Waals surface area contributed by atoms with Gasteiger partial charge in [-0.15, -0.1) is 0 Å². The van der Waals surface area contributed by atoms with Crippen molar-refractivity contribution < 1.29 is 4.79 Å². The molecule has 1 aliphatic rings. The second kappa shape index (κ2) is 9.94. The summed E-state index contributed by atoms with van der Waals surface area (Å²) in [7, 11) is 0. The number of nitrogens with zero attached hydrogens (tertiary/aromatic N) is 5. The third-order valence-corrected chi connectivity index (χ3v) is 5.82. The van der Waals surface area contributed by atoms with Gasteiger partial charge >= 0.3 is 6.03 Å². The predicted molar refractivity (Wildman–Crippen MR) is 136 cm³/mol. The first kappa shape index (κ1) is 23.3. The molecule has 1 aromatic carbocycles. The standard InChI is InChI=1S/C25H32N8O/c1-25(2,3)18-6-4-7-19(16-18)31-24(34)33-14-12-32(13-15-33)22-21(8-5-10-27-22)29-17-20-9-11-28-23(26)30-20/h4-11,16,29H,12-15,17H2,1-3H3,(H,31,34)(H2,26,28,30). The minimum Gasteiger partial charge on any atom is -0.376 e. The Kier molecular flexibility index (Phi) is 6.81. The maximum Gasteiger partial charge on any atom is 0.321 e. The quantitative estimate of drug-likeness (QED) is 0.532. The van der Waals surface area contributed by atoms with Crippen LogP contribution in [0.25, 0.3) is 0 Å². The normalized spacial score (nSPS) is 14.1. The van der Waals surface area contributed by atoms with Crippen LogP contribution in [0.5, 0.6) is 0 Å². The van der Waals surface area contributed by atoms with E-state index < -0.39 is 0 Å². The fourth-order valence-corrected chi connectivity index (χ4v) is 3.87. The van der Waals surface area contributed by atoms with Gasteiger partial charge in [0.2, 0.25) is 5.95 Å². The summed E-state index contributed by atoms with van der Waals surface area (Å²) in [5.41, 5.74) is 9.44. The van der Waals surface area contributed by atoms with E-state index in [1.807, 2.05) is 41.3 Å². The molecule has 0 bridgehead atoms. The molecule has 1 saturated heterocycles. The van der Waals surface area contributed by atoms with Crippen molar-refractivity contribution in [2.45, 2.75) is 32.7 Å². The number of piperazine rings is 1. The van der Waals surface area contributed by atoms with E-state index in [-0.39, 0.29) is 17.4 Å². The molecular weight excluding hydrogens is 428 g/mol. The van der Waals surface area contributed by atoms with Crippen LogP contribution >= 0.6 is 0 Å². The smallest absolute Gasteiger partial charge is 0.321 e. The Hall–Kier alpha value is -3.88. The number of nitrogens with two attached hydrogens (primary N) is 1. The van der Waals surface area contributed by atoms with Gasteiger partial charge in [-0.3, -0.25) is 0 Å². The molecule has 1 fully saturated rings. The minimum atomic E-state index is -0.0774. The Labute approximate surface area is 200 Å². The maximum absolute atomic E-state index is 12.9. The van der Waals surface area contributed by atoms with Crippen LogP contribution in [-0.2, 0) is 12.0 Å². The number of carbonyl (C=O) groups excluding carboxylic acids is 1. The molecule has 178 valence electrons. The molecule has 1 aliphatic heterocycles. The van der Waals surface area contributed by atoms with E-state index in [2.05, 4.69) is 57.3 Å². The Balaban J connectivity index is 1.35. The number of urea groups is 1. The summed E-state index contributed by atoms with van der Waals surface area (Å²) in [6.07, 6.45) is 3.43. The van der Waals surface area contributed by atoms with Gasteiger partial charge < -0.3 is 26.2 Å². The zero-order valence-electron chi connectivity index (χ0n) is 20.0. The van der Waals surface area contributed by atoms with Gasteiger partial charge in [0, 0.05) is 44.3 Å². The molecule has 3 heterocycles. The van der Waals surface area contributed by atoms with Gasteiger partial charge in [-0.1, -0.05) is 32.9 Å². The van der Waals surface area contributed by atoms with Crippen molar-refractivity contribution in [2.75, 3.05) is 47.4 Å². The lowest BCUT2D eigenvalue weighted by Crippen LogP contribution is -2.50. The van der Waals surface area contributed by atoms with E-state index in [9.17, 15) is 4.79 Å². The fraction of sp³-hybridized carbons (Fsp3) is 0.360. The van der Waals surface area contributed by atoms with Gasteiger partial charge in [0.1, 0.15) is 0 Å². The van der Waals surface area contributed by atoms with E-state index in [0.29, 0.717) is 32.7 Å². The number of amides is 2. The molecule has 3 aromatic rings. The summed E-state index contributed by atoms with van der Waals surface area (Å²) >= 11 is 0. The second-order valence-corrected chi connectivity index (χ2v) is 9.37. The van der Waals surface area contributed by atoms with Gasteiger partial charge in [0.25, 0.3) is 0 Å². The SMILES string of the molecule is CC(C)(C)c1cccc(NC(=O)N2CCN(c3ncccc3NCc3ccnc(N)n3)CC2)c1. The molecule has 0 aliphatic carbocycles. The molecule has 0 saturated carbocycles. The van der Waals surface area contributed by atoms with Crippen LogP contribution in [0.2, 0.25) is 0 Å². The van der Waals surface area contributed by atoms with E-state index in [1.54, 1.807) is 12.4 Å². The molecule has 0 spiro atoms. The number of carbonyl (C=O) groups is 1. The van der Waals surface area contributed by atoms with Gasteiger partial charge in [-0.2, -0.15) is 0 Å². The first-order chi connectivity index (χ1) is 16.3. The van der Waals surface area contributed by atoms with E-state index >= 15 is 0 Å². The van der Waals surface area contributed by atoms with Gasteiger partial charge in [-0.05, 0) is 41.3 Å². The first-order valence-corrected chi connectivity index (χ1v) is 11.5. The van der Waals surface area contributed by atoms with E-state index in [4.69, 9.17) is 5.73 Å². The lowest BCUT2D eigenvalue weighted by atomic mass is 9.87. The van der Waals surface area contributed by atoms with Crippen LogP contribution in [0.3, 0.4) is 0 Å².